The highest BCUT2D eigenvalue weighted by atomic mass is 32.2. The number of carbonyl (C=O) groups excluding carboxylic acids is 1. The zero-order valence-corrected chi connectivity index (χ0v) is 15.4. The molecule has 1 amide bonds. The van der Waals surface area contributed by atoms with Crippen molar-refractivity contribution < 1.29 is 13.2 Å². The molecular weight excluding hydrogens is 312 g/mol. The van der Waals surface area contributed by atoms with Crippen molar-refractivity contribution in [2.75, 3.05) is 30.8 Å². The van der Waals surface area contributed by atoms with E-state index in [1.165, 1.54) is 10.6 Å². The van der Waals surface area contributed by atoms with E-state index in [1.54, 1.807) is 4.90 Å². The SMILES string of the molecule is CCCCN(CCC(=O)N(CC)c1cccc(C)c1)S(C)(=O)=O. The van der Waals surface area contributed by atoms with Crippen LogP contribution < -0.4 is 4.90 Å². The Hall–Kier alpha value is -1.40. The Morgan fingerprint density at radius 1 is 1.17 bits per heavy atom. The number of carbonyl (C=O) groups is 1. The lowest BCUT2D eigenvalue weighted by molar-refractivity contribution is -0.118. The summed E-state index contributed by atoms with van der Waals surface area (Å²) in [6.07, 6.45) is 3.12. The van der Waals surface area contributed by atoms with E-state index >= 15 is 0 Å². The number of benzene rings is 1. The lowest BCUT2D eigenvalue weighted by Crippen LogP contribution is -2.37. The van der Waals surface area contributed by atoms with E-state index in [-0.39, 0.29) is 18.9 Å². The number of sulfonamides is 1. The van der Waals surface area contributed by atoms with Gasteiger partial charge < -0.3 is 4.90 Å². The maximum Gasteiger partial charge on any atom is 0.228 e. The van der Waals surface area contributed by atoms with E-state index in [9.17, 15) is 13.2 Å². The van der Waals surface area contributed by atoms with Crippen LogP contribution in [0, 0.1) is 6.92 Å². The molecule has 130 valence electrons. The number of rotatable bonds is 9. The number of hydrogen-bond donors (Lipinski definition) is 0. The first-order valence-corrected chi connectivity index (χ1v) is 9.96. The summed E-state index contributed by atoms with van der Waals surface area (Å²) in [6.45, 7) is 7.20. The first kappa shape index (κ1) is 19.6. The van der Waals surface area contributed by atoms with Crippen LogP contribution in [0.25, 0.3) is 0 Å². The summed E-state index contributed by atoms with van der Waals surface area (Å²) in [5.74, 6) is -0.0525. The molecule has 0 aliphatic heterocycles. The molecule has 0 aliphatic carbocycles. The van der Waals surface area contributed by atoms with Gasteiger partial charge in [0.15, 0.2) is 0 Å². The van der Waals surface area contributed by atoms with Crippen LogP contribution in [-0.4, -0.2) is 44.5 Å². The third-order valence-corrected chi connectivity index (χ3v) is 5.04. The molecular formula is C17H28N2O3S. The molecule has 0 saturated heterocycles. The number of nitrogens with zero attached hydrogens (tertiary/aromatic N) is 2. The molecule has 0 bridgehead atoms. The summed E-state index contributed by atoms with van der Waals surface area (Å²) >= 11 is 0. The van der Waals surface area contributed by atoms with E-state index in [0.29, 0.717) is 13.1 Å². The molecule has 6 heteroatoms. The van der Waals surface area contributed by atoms with Crippen molar-refractivity contribution in [3.63, 3.8) is 0 Å². The Morgan fingerprint density at radius 3 is 2.39 bits per heavy atom. The van der Waals surface area contributed by atoms with E-state index in [4.69, 9.17) is 0 Å². The van der Waals surface area contributed by atoms with Gasteiger partial charge in [-0.15, -0.1) is 0 Å². The minimum absolute atomic E-state index is 0.0525. The average molecular weight is 340 g/mol. The van der Waals surface area contributed by atoms with Crippen LogP contribution in [0.3, 0.4) is 0 Å². The number of aryl methyl sites for hydroxylation is 1. The molecule has 0 aromatic heterocycles. The smallest absolute Gasteiger partial charge is 0.228 e. The molecule has 0 radical (unpaired) electrons. The topological polar surface area (TPSA) is 57.7 Å². The standard InChI is InChI=1S/C17H28N2O3S/c1-5-7-12-18(23(4,21)22)13-11-17(20)19(6-2)16-10-8-9-15(3)14-16/h8-10,14H,5-7,11-13H2,1-4H3. The van der Waals surface area contributed by atoms with E-state index < -0.39 is 10.0 Å². The Kier molecular flexibility index (Phi) is 7.72. The average Bonchev–Trinajstić information content (AvgIpc) is 2.46. The lowest BCUT2D eigenvalue weighted by Gasteiger charge is -2.24. The van der Waals surface area contributed by atoms with Crippen LogP contribution in [0.5, 0.6) is 0 Å². The molecule has 1 rings (SSSR count). The molecule has 0 aliphatic rings. The van der Waals surface area contributed by atoms with Crippen LogP contribution in [0.15, 0.2) is 24.3 Å². The van der Waals surface area contributed by atoms with Crippen molar-refractivity contribution in [2.45, 2.75) is 40.0 Å². The van der Waals surface area contributed by atoms with E-state index in [0.717, 1.165) is 24.1 Å². The van der Waals surface area contributed by atoms with Crippen LogP contribution in [0.2, 0.25) is 0 Å². The molecule has 0 heterocycles. The third-order valence-electron chi connectivity index (χ3n) is 3.74. The highest BCUT2D eigenvalue weighted by Gasteiger charge is 2.20. The predicted molar refractivity (Wildman–Crippen MR) is 95.1 cm³/mol. The molecule has 0 saturated carbocycles. The molecule has 0 spiro atoms. The van der Waals surface area contributed by atoms with Gasteiger partial charge in [0.1, 0.15) is 0 Å². The fourth-order valence-electron chi connectivity index (χ4n) is 2.43. The number of anilines is 1. The summed E-state index contributed by atoms with van der Waals surface area (Å²) < 4.78 is 25.0. The Labute approximate surface area is 140 Å². The zero-order chi connectivity index (χ0) is 17.5. The predicted octanol–water partition coefficient (Wildman–Crippen LogP) is 2.80. The summed E-state index contributed by atoms with van der Waals surface area (Å²) in [4.78, 5) is 14.2. The monoisotopic (exact) mass is 340 g/mol. The van der Waals surface area contributed by atoms with Gasteiger partial charge in [0.25, 0.3) is 0 Å². The number of amides is 1. The first-order valence-electron chi connectivity index (χ1n) is 8.11. The second kappa shape index (κ2) is 9.03. The Balaban J connectivity index is 2.75. The van der Waals surface area contributed by atoms with Crippen LogP contribution in [-0.2, 0) is 14.8 Å². The van der Waals surface area contributed by atoms with Gasteiger partial charge in [-0.2, -0.15) is 0 Å². The quantitative estimate of drug-likeness (QED) is 0.694. The highest BCUT2D eigenvalue weighted by molar-refractivity contribution is 7.88. The Morgan fingerprint density at radius 2 is 1.87 bits per heavy atom. The second-order valence-electron chi connectivity index (χ2n) is 5.74. The molecule has 5 nitrogen and oxygen atoms in total. The van der Waals surface area contributed by atoms with Gasteiger partial charge in [-0.25, -0.2) is 12.7 Å². The van der Waals surface area contributed by atoms with Gasteiger partial charge in [0, 0.05) is 31.7 Å². The fourth-order valence-corrected chi connectivity index (χ4v) is 3.32. The second-order valence-corrected chi connectivity index (χ2v) is 7.73. The van der Waals surface area contributed by atoms with Crippen molar-refractivity contribution in [2.24, 2.45) is 0 Å². The minimum atomic E-state index is -3.27. The molecule has 1 aromatic rings. The van der Waals surface area contributed by atoms with Crippen molar-refractivity contribution in [1.29, 1.82) is 0 Å². The summed E-state index contributed by atoms with van der Waals surface area (Å²) in [5.41, 5.74) is 1.95. The normalized spacial score (nSPS) is 11.7. The first-order chi connectivity index (χ1) is 10.8. The largest absolute Gasteiger partial charge is 0.313 e. The minimum Gasteiger partial charge on any atom is -0.313 e. The molecule has 0 unspecified atom stereocenters. The molecule has 0 fully saturated rings. The highest BCUT2D eigenvalue weighted by Crippen LogP contribution is 2.17. The zero-order valence-electron chi connectivity index (χ0n) is 14.6. The van der Waals surface area contributed by atoms with Crippen molar-refractivity contribution in [3.8, 4) is 0 Å². The van der Waals surface area contributed by atoms with Gasteiger partial charge in [0.2, 0.25) is 15.9 Å². The van der Waals surface area contributed by atoms with E-state index in [2.05, 4.69) is 0 Å². The summed E-state index contributed by atoms with van der Waals surface area (Å²) in [7, 11) is -3.27. The van der Waals surface area contributed by atoms with Gasteiger partial charge in [0.05, 0.1) is 6.26 Å². The van der Waals surface area contributed by atoms with Crippen molar-refractivity contribution in [1.82, 2.24) is 4.31 Å². The third kappa shape index (κ3) is 6.31. The summed E-state index contributed by atoms with van der Waals surface area (Å²) in [5, 5.41) is 0. The molecule has 23 heavy (non-hydrogen) atoms. The van der Waals surface area contributed by atoms with Gasteiger partial charge in [-0.1, -0.05) is 25.5 Å². The lowest BCUT2D eigenvalue weighted by atomic mass is 10.2. The van der Waals surface area contributed by atoms with Crippen LogP contribution in [0.1, 0.15) is 38.7 Å². The molecule has 0 atom stereocenters. The number of unbranched alkanes of at least 4 members (excludes halogenated alkanes) is 1. The van der Waals surface area contributed by atoms with Gasteiger partial charge in [-0.3, -0.25) is 4.79 Å². The van der Waals surface area contributed by atoms with Crippen molar-refractivity contribution in [3.05, 3.63) is 29.8 Å². The van der Waals surface area contributed by atoms with Gasteiger partial charge >= 0.3 is 0 Å². The Bertz CT molecular complexity index is 614. The molecule has 1 aromatic carbocycles. The van der Waals surface area contributed by atoms with Crippen LogP contribution >= 0.6 is 0 Å². The maximum absolute atomic E-state index is 12.5. The number of hydrogen-bond acceptors (Lipinski definition) is 3. The fraction of sp³-hybridized carbons (Fsp3) is 0.588. The van der Waals surface area contributed by atoms with Crippen molar-refractivity contribution >= 4 is 21.6 Å². The maximum atomic E-state index is 12.5. The van der Waals surface area contributed by atoms with E-state index in [1.807, 2.05) is 45.0 Å². The van der Waals surface area contributed by atoms with Gasteiger partial charge in [-0.05, 0) is 38.0 Å². The van der Waals surface area contributed by atoms with Crippen LogP contribution in [0.4, 0.5) is 5.69 Å². The summed E-state index contributed by atoms with van der Waals surface area (Å²) in [6, 6.07) is 7.77. The molecule has 0 N–H and O–H groups in total.